The van der Waals surface area contributed by atoms with Crippen molar-refractivity contribution in [2.75, 3.05) is 13.2 Å². The first-order valence-corrected chi connectivity index (χ1v) is 6.86. The predicted octanol–water partition coefficient (Wildman–Crippen LogP) is 1.55. The van der Waals surface area contributed by atoms with Gasteiger partial charge in [0.05, 0.1) is 22.0 Å². The standard InChI is InChI=1S/C12H12O5S/c1-2-17-7-10-6-9-5-8(12(13)14)3-4-11(9)18(10,15)16/h3-6H,2,7H2,1H3,(H,13,14). The fourth-order valence-corrected chi connectivity index (χ4v) is 3.23. The minimum Gasteiger partial charge on any atom is -0.478 e. The maximum atomic E-state index is 12.1. The zero-order valence-electron chi connectivity index (χ0n) is 9.71. The second-order valence-corrected chi connectivity index (χ2v) is 5.78. The van der Waals surface area contributed by atoms with E-state index in [1.807, 2.05) is 0 Å². The summed E-state index contributed by atoms with van der Waals surface area (Å²) < 4.78 is 29.2. The van der Waals surface area contributed by atoms with Crippen molar-refractivity contribution >= 4 is 21.9 Å². The lowest BCUT2D eigenvalue weighted by molar-refractivity contribution is 0.0696. The molecule has 0 fully saturated rings. The minimum absolute atomic E-state index is 0.00984. The normalized spacial score (nSPS) is 16.2. The Morgan fingerprint density at radius 2 is 2.11 bits per heavy atom. The van der Waals surface area contributed by atoms with E-state index in [9.17, 15) is 13.2 Å². The summed E-state index contributed by atoms with van der Waals surface area (Å²) in [7, 11) is -3.52. The van der Waals surface area contributed by atoms with Crippen LogP contribution in [0.5, 0.6) is 0 Å². The molecule has 0 amide bonds. The highest BCUT2D eigenvalue weighted by molar-refractivity contribution is 7.95. The van der Waals surface area contributed by atoms with Crippen LogP contribution in [0.25, 0.3) is 6.08 Å². The van der Waals surface area contributed by atoms with Crippen molar-refractivity contribution in [1.29, 1.82) is 0 Å². The fraction of sp³-hybridized carbons (Fsp3) is 0.250. The molecule has 0 saturated carbocycles. The minimum atomic E-state index is -3.52. The molecule has 96 valence electrons. The van der Waals surface area contributed by atoms with E-state index in [1.54, 1.807) is 6.92 Å². The third-order valence-corrected chi connectivity index (χ3v) is 4.53. The highest BCUT2D eigenvalue weighted by atomic mass is 32.2. The third kappa shape index (κ3) is 2.04. The van der Waals surface area contributed by atoms with Gasteiger partial charge >= 0.3 is 5.97 Å². The Morgan fingerprint density at radius 1 is 1.39 bits per heavy atom. The Morgan fingerprint density at radius 3 is 2.72 bits per heavy atom. The highest BCUT2D eigenvalue weighted by Crippen LogP contribution is 2.33. The van der Waals surface area contributed by atoms with E-state index in [1.165, 1.54) is 24.3 Å². The molecule has 2 rings (SSSR count). The molecular formula is C12H12O5S. The van der Waals surface area contributed by atoms with E-state index in [0.29, 0.717) is 12.2 Å². The van der Waals surface area contributed by atoms with Gasteiger partial charge in [0.25, 0.3) is 0 Å². The number of benzene rings is 1. The second-order valence-electron chi connectivity index (χ2n) is 3.81. The van der Waals surface area contributed by atoms with Gasteiger partial charge in [0.2, 0.25) is 9.84 Å². The van der Waals surface area contributed by atoms with Crippen molar-refractivity contribution in [1.82, 2.24) is 0 Å². The van der Waals surface area contributed by atoms with Crippen molar-refractivity contribution in [2.24, 2.45) is 0 Å². The third-order valence-electron chi connectivity index (χ3n) is 2.66. The molecule has 0 radical (unpaired) electrons. The monoisotopic (exact) mass is 268 g/mol. The van der Waals surface area contributed by atoms with E-state index < -0.39 is 15.8 Å². The summed E-state index contributed by atoms with van der Waals surface area (Å²) in [5.74, 6) is -1.08. The van der Waals surface area contributed by atoms with Gasteiger partial charge < -0.3 is 9.84 Å². The Kier molecular flexibility index (Phi) is 3.23. The van der Waals surface area contributed by atoms with E-state index in [-0.39, 0.29) is 22.0 Å². The van der Waals surface area contributed by atoms with Gasteiger partial charge in [0.15, 0.2) is 0 Å². The molecule has 6 heteroatoms. The summed E-state index contributed by atoms with van der Waals surface area (Å²) in [5, 5.41) is 8.86. The molecule has 0 atom stereocenters. The van der Waals surface area contributed by atoms with Gasteiger partial charge in [-0.1, -0.05) is 0 Å². The average Bonchev–Trinajstić information content (AvgIpc) is 2.58. The van der Waals surface area contributed by atoms with Crippen LogP contribution in [0, 0.1) is 0 Å². The topological polar surface area (TPSA) is 80.7 Å². The zero-order valence-corrected chi connectivity index (χ0v) is 10.5. The molecule has 0 spiro atoms. The molecule has 0 unspecified atom stereocenters. The molecule has 1 aromatic carbocycles. The average molecular weight is 268 g/mol. The molecule has 18 heavy (non-hydrogen) atoms. The summed E-state index contributed by atoms with van der Waals surface area (Å²) >= 11 is 0. The van der Waals surface area contributed by atoms with Gasteiger partial charge in [-0.05, 0) is 36.8 Å². The van der Waals surface area contributed by atoms with Crippen LogP contribution < -0.4 is 0 Å². The van der Waals surface area contributed by atoms with E-state index >= 15 is 0 Å². The number of carboxylic acid groups (broad SMARTS) is 1. The largest absolute Gasteiger partial charge is 0.478 e. The molecule has 1 heterocycles. The number of hydrogen-bond acceptors (Lipinski definition) is 4. The summed E-state index contributed by atoms with van der Waals surface area (Å²) in [4.78, 5) is 11.1. The molecule has 5 nitrogen and oxygen atoms in total. The first-order valence-electron chi connectivity index (χ1n) is 5.37. The van der Waals surface area contributed by atoms with E-state index in [2.05, 4.69) is 0 Å². The van der Waals surface area contributed by atoms with Crippen molar-refractivity contribution < 1.29 is 23.1 Å². The number of carbonyl (C=O) groups is 1. The number of fused-ring (bicyclic) bond motifs is 1. The lowest BCUT2D eigenvalue weighted by Crippen LogP contribution is -2.07. The van der Waals surface area contributed by atoms with Crippen LogP contribution in [0.15, 0.2) is 28.0 Å². The van der Waals surface area contributed by atoms with Crippen molar-refractivity contribution in [3.8, 4) is 0 Å². The van der Waals surface area contributed by atoms with Crippen LogP contribution in [0.3, 0.4) is 0 Å². The first kappa shape index (κ1) is 12.8. The molecular weight excluding hydrogens is 256 g/mol. The SMILES string of the molecule is CCOCC1=Cc2cc(C(=O)O)ccc2S1(=O)=O. The van der Waals surface area contributed by atoms with E-state index in [0.717, 1.165) is 0 Å². The fourth-order valence-electron chi connectivity index (χ4n) is 1.75. The van der Waals surface area contributed by atoms with Crippen molar-refractivity contribution in [3.63, 3.8) is 0 Å². The zero-order chi connectivity index (χ0) is 13.3. The molecule has 1 aromatic rings. The van der Waals surface area contributed by atoms with Gasteiger partial charge in [-0.15, -0.1) is 0 Å². The lowest BCUT2D eigenvalue weighted by Gasteiger charge is -2.03. The number of rotatable bonds is 4. The quantitative estimate of drug-likeness (QED) is 0.896. The van der Waals surface area contributed by atoms with Crippen LogP contribution in [0.2, 0.25) is 0 Å². The Hall–Kier alpha value is -1.66. The summed E-state index contributed by atoms with van der Waals surface area (Å²) in [6, 6.07) is 3.97. The van der Waals surface area contributed by atoms with Gasteiger partial charge in [0.1, 0.15) is 0 Å². The Bertz CT molecular complexity index is 628. The van der Waals surface area contributed by atoms with Crippen LogP contribution in [0.1, 0.15) is 22.8 Å². The van der Waals surface area contributed by atoms with Crippen LogP contribution in [-0.4, -0.2) is 32.7 Å². The molecule has 1 aliphatic heterocycles. The lowest BCUT2D eigenvalue weighted by atomic mass is 10.1. The Balaban J connectivity index is 2.46. The molecule has 0 aliphatic carbocycles. The van der Waals surface area contributed by atoms with Gasteiger partial charge in [-0.2, -0.15) is 0 Å². The van der Waals surface area contributed by atoms with Crippen molar-refractivity contribution in [2.45, 2.75) is 11.8 Å². The molecule has 0 bridgehead atoms. The number of aromatic carboxylic acids is 1. The van der Waals surface area contributed by atoms with Crippen LogP contribution >= 0.6 is 0 Å². The number of carboxylic acids is 1. The van der Waals surface area contributed by atoms with E-state index in [4.69, 9.17) is 9.84 Å². The first-order chi connectivity index (χ1) is 8.46. The summed E-state index contributed by atoms with van der Waals surface area (Å²) in [5.41, 5.74) is 0.475. The summed E-state index contributed by atoms with van der Waals surface area (Å²) in [6.45, 7) is 2.21. The van der Waals surface area contributed by atoms with Crippen LogP contribution in [-0.2, 0) is 14.6 Å². The molecule has 0 saturated heterocycles. The maximum absolute atomic E-state index is 12.1. The Labute approximate surface area is 105 Å². The van der Waals surface area contributed by atoms with Crippen LogP contribution in [0.4, 0.5) is 0 Å². The van der Waals surface area contributed by atoms with Crippen molar-refractivity contribution in [3.05, 3.63) is 34.2 Å². The molecule has 1 N–H and O–H groups in total. The maximum Gasteiger partial charge on any atom is 0.335 e. The number of hydrogen-bond donors (Lipinski definition) is 1. The molecule has 0 aromatic heterocycles. The predicted molar refractivity (Wildman–Crippen MR) is 65.1 cm³/mol. The van der Waals surface area contributed by atoms with Gasteiger partial charge in [-0.3, -0.25) is 0 Å². The summed E-state index contributed by atoms with van der Waals surface area (Å²) in [6.07, 6.45) is 1.47. The van der Waals surface area contributed by atoms with Gasteiger partial charge in [-0.25, -0.2) is 13.2 Å². The molecule has 1 aliphatic rings. The smallest absolute Gasteiger partial charge is 0.335 e. The number of ether oxygens (including phenoxy) is 1. The highest BCUT2D eigenvalue weighted by Gasteiger charge is 2.29. The van der Waals surface area contributed by atoms with Gasteiger partial charge in [0, 0.05) is 6.61 Å². The second kappa shape index (κ2) is 4.55. The number of sulfone groups is 1.